The number of hydrogen-bond acceptors (Lipinski definition) is 9. The average molecular weight is 420 g/mol. The van der Waals surface area contributed by atoms with E-state index in [0.717, 1.165) is 0 Å². The number of phosphoric ester groups is 3. The molecule has 0 radical (unpaired) electrons. The number of aliphatic hydroxyl groups excluding tert-OH is 2. The van der Waals surface area contributed by atoms with Gasteiger partial charge in [0, 0.05) is 0 Å². The SMILES string of the molecule is O=C(CO)[C@H](O)[C@@H](OP(=O)(O)O)[C@@H](COP(=O)(O)O)OP(=O)(O)O. The van der Waals surface area contributed by atoms with Gasteiger partial charge in [-0.15, -0.1) is 0 Å². The summed E-state index contributed by atoms with van der Waals surface area (Å²) in [5.74, 6) is -1.50. The monoisotopic (exact) mass is 420 g/mol. The number of ketones is 1. The molecule has 0 aromatic rings. The van der Waals surface area contributed by atoms with E-state index >= 15 is 0 Å². The molecule has 0 spiro atoms. The Kier molecular flexibility index (Phi) is 9.00. The van der Waals surface area contributed by atoms with Crippen LogP contribution >= 0.6 is 23.5 Å². The number of carbonyl (C=O) groups excluding carboxylic acids is 1. The van der Waals surface area contributed by atoms with Gasteiger partial charge in [0.2, 0.25) is 0 Å². The lowest BCUT2D eigenvalue weighted by molar-refractivity contribution is -0.141. The van der Waals surface area contributed by atoms with Gasteiger partial charge in [0.05, 0.1) is 6.61 Å². The number of carbonyl (C=O) groups is 1. The first-order valence-electron chi connectivity index (χ1n) is 5.55. The van der Waals surface area contributed by atoms with Crippen LogP contribution in [0.15, 0.2) is 0 Å². The lowest BCUT2D eigenvalue weighted by Gasteiger charge is -2.29. The van der Waals surface area contributed by atoms with Crippen molar-refractivity contribution in [2.24, 2.45) is 0 Å². The second-order valence-electron chi connectivity index (χ2n) is 4.05. The van der Waals surface area contributed by atoms with Crippen molar-refractivity contribution in [3.8, 4) is 0 Å². The van der Waals surface area contributed by atoms with Crippen molar-refractivity contribution in [2.75, 3.05) is 13.2 Å². The van der Waals surface area contributed by atoms with Crippen LogP contribution in [-0.2, 0) is 32.1 Å². The number of phosphoric acid groups is 3. The summed E-state index contributed by atoms with van der Waals surface area (Å²) in [7, 11) is -16.2. The minimum Gasteiger partial charge on any atom is -0.388 e. The second-order valence-corrected chi connectivity index (χ2v) is 7.67. The first-order valence-corrected chi connectivity index (χ1v) is 10.1. The van der Waals surface area contributed by atoms with Crippen LogP contribution in [0.3, 0.4) is 0 Å². The van der Waals surface area contributed by atoms with Crippen LogP contribution in [0.5, 0.6) is 0 Å². The zero-order chi connectivity index (χ0) is 19.3. The summed E-state index contributed by atoms with van der Waals surface area (Å²) in [5, 5.41) is 18.2. The van der Waals surface area contributed by atoms with Crippen LogP contribution in [0, 0.1) is 0 Å². The third-order valence-electron chi connectivity index (χ3n) is 2.10. The molecule has 144 valence electrons. The van der Waals surface area contributed by atoms with Crippen LogP contribution in [0.1, 0.15) is 0 Å². The van der Waals surface area contributed by atoms with Crippen LogP contribution in [-0.4, -0.2) is 76.9 Å². The van der Waals surface area contributed by atoms with Gasteiger partial charge in [-0.2, -0.15) is 0 Å². The Morgan fingerprint density at radius 2 is 1.33 bits per heavy atom. The largest absolute Gasteiger partial charge is 0.470 e. The standard InChI is InChI=1S/C6H15O15P3/c7-1-3(8)5(9)6(21-24(16,17)18)4(20-23(13,14)15)2-19-22(10,11)12/h4-7,9H,1-2H2,(H2,10,11,12)(H2,13,14,15)(H2,16,17,18)/t4-,5+,6+/m1/s1. The molecule has 0 saturated carbocycles. The molecule has 8 N–H and O–H groups in total. The maximum absolute atomic E-state index is 11.2. The van der Waals surface area contributed by atoms with Gasteiger partial charge in [-0.1, -0.05) is 0 Å². The Bertz CT molecular complexity index is 556. The zero-order valence-corrected chi connectivity index (χ0v) is 14.1. The molecule has 0 fully saturated rings. The molecular formula is C6H15O15P3. The van der Waals surface area contributed by atoms with Crippen molar-refractivity contribution in [1.29, 1.82) is 0 Å². The van der Waals surface area contributed by atoms with Gasteiger partial charge in [0.25, 0.3) is 0 Å². The highest BCUT2D eigenvalue weighted by atomic mass is 31.2. The zero-order valence-electron chi connectivity index (χ0n) is 11.4. The molecular weight excluding hydrogens is 405 g/mol. The smallest absolute Gasteiger partial charge is 0.388 e. The van der Waals surface area contributed by atoms with E-state index < -0.39 is 60.8 Å². The van der Waals surface area contributed by atoms with Crippen molar-refractivity contribution in [1.82, 2.24) is 0 Å². The van der Waals surface area contributed by atoms with E-state index in [1.165, 1.54) is 0 Å². The quantitative estimate of drug-likeness (QED) is 0.155. The van der Waals surface area contributed by atoms with Gasteiger partial charge in [-0.3, -0.25) is 18.4 Å². The molecule has 0 aromatic carbocycles. The van der Waals surface area contributed by atoms with Gasteiger partial charge in [-0.25, -0.2) is 13.7 Å². The molecule has 0 unspecified atom stereocenters. The fourth-order valence-corrected chi connectivity index (χ4v) is 2.74. The summed E-state index contributed by atoms with van der Waals surface area (Å²) < 4.78 is 44.2. The Balaban J connectivity index is 5.66. The predicted octanol–water partition coefficient (Wildman–Crippen LogP) is -3.03. The molecule has 15 nitrogen and oxygen atoms in total. The minimum absolute atomic E-state index is 1.36. The fraction of sp³-hybridized carbons (Fsp3) is 0.833. The normalized spacial score (nSPS) is 17.3. The van der Waals surface area contributed by atoms with Gasteiger partial charge in [0.15, 0.2) is 5.78 Å². The molecule has 0 heterocycles. The van der Waals surface area contributed by atoms with Gasteiger partial charge in [0.1, 0.15) is 24.9 Å². The van der Waals surface area contributed by atoms with Crippen molar-refractivity contribution in [3.63, 3.8) is 0 Å². The number of Topliss-reactive ketones (excluding diaryl/α,β-unsaturated/α-hetero) is 1. The van der Waals surface area contributed by atoms with E-state index in [2.05, 4.69) is 13.6 Å². The summed E-state index contributed by atoms with van der Waals surface area (Å²) in [6, 6.07) is 0. The molecule has 0 rings (SSSR count). The van der Waals surface area contributed by atoms with Crippen molar-refractivity contribution in [3.05, 3.63) is 0 Å². The lowest BCUT2D eigenvalue weighted by Crippen LogP contribution is -2.47. The van der Waals surface area contributed by atoms with E-state index in [4.69, 9.17) is 34.5 Å². The first kappa shape index (κ1) is 23.9. The summed E-state index contributed by atoms with van der Waals surface area (Å²) >= 11 is 0. The van der Waals surface area contributed by atoms with Crippen molar-refractivity contribution in [2.45, 2.75) is 18.3 Å². The highest BCUT2D eigenvalue weighted by Gasteiger charge is 2.42. The van der Waals surface area contributed by atoms with Crippen molar-refractivity contribution >= 4 is 29.3 Å². The van der Waals surface area contributed by atoms with Gasteiger partial charge >= 0.3 is 23.5 Å². The molecule has 0 bridgehead atoms. The third kappa shape index (κ3) is 10.7. The molecule has 0 aliphatic carbocycles. The Hall–Kier alpha value is -0.0800. The summed E-state index contributed by atoms with van der Waals surface area (Å²) in [5.41, 5.74) is 0. The number of rotatable bonds is 11. The van der Waals surface area contributed by atoms with Crippen LogP contribution in [0.25, 0.3) is 0 Å². The van der Waals surface area contributed by atoms with Gasteiger partial charge < -0.3 is 39.6 Å². The molecule has 18 heteroatoms. The van der Waals surface area contributed by atoms with Crippen LogP contribution in [0.4, 0.5) is 0 Å². The van der Waals surface area contributed by atoms with Crippen molar-refractivity contribution < 1.29 is 71.6 Å². The highest BCUT2D eigenvalue weighted by Crippen LogP contribution is 2.45. The maximum Gasteiger partial charge on any atom is 0.470 e. The van der Waals surface area contributed by atoms with E-state index in [0.29, 0.717) is 0 Å². The summed E-state index contributed by atoms with van der Waals surface area (Å²) in [4.78, 5) is 63.2. The molecule has 0 saturated heterocycles. The Labute approximate surface area is 133 Å². The Morgan fingerprint density at radius 1 is 0.875 bits per heavy atom. The third-order valence-corrected chi connectivity index (χ3v) is 3.65. The highest BCUT2D eigenvalue weighted by molar-refractivity contribution is 7.47. The maximum atomic E-state index is 11.2. The lowest BCUT2D eigenvalue weighted by atomic mass is 10.1. The molecule has 0 aliphatic rings. The van der Waals surface area contributed by atoms with E-state index in [-0.39, 0.29) is 0 Å². The molecule has 0 amide bonds. The fourth-order valence-electron chi connectivity index (χ4n) is 1.30. The number of hydrogen-bond donors (Lipinski definition) is 8. The van der Waals surface area contributed by atoms with E-state index in [9.17, 15) is 23.6 Å². The molecule has 0 aromatic heterocycles. The topological polar surface area (TPSA) is 258 Å². The molecule has 3 atom stereocenters. The van der Waals surface area contributed by atoms with Gasteiger partial charge in [-0.05, 0) is 0 Å². The van der Waals surface area contributed by atoms with Crippen LogP contribution in [0.2, 0.25) is 0 Å². The predicted molar refractivity (Wildman–Crippen MR) is 69.9 cm³/mol. The minimum atomic E-state index is -5.49. The Morgan fingerprint density at radius 3 is 1.67 bits per heavy atom. The summed E-state index contributed by atoms with van der Waals surface area (Å²) in [6.45, 7) is -2.81. The number of aliphatic hydroxyl groups is 2. The second kappa shape index (κ2) is 9.03. The van der Waals surface area contributed by atoms with E-state index in [1.54, 1.807) is 0 Å². The first-order chi connectivity index (χ1) is 10.6. The summed E-state index contributed by atoms with van der Waals surface area (Å²) in [6.07, 6.45) is -7.55. The van der Waals surface area contributed by atoms with E-state index in [1.807, 2.05) is 0 Å². The van der Waals surface area contributed by atoms with Crippen LogP contribution < -0.4 is 0 Å². The molecule has 24 heavy (non-hydrogen) atoms. The average Bonchev–Trinajstić information content (AvgIpc) is 2.36. The molecule has 0 aliphatic heterocycles.